The van der Waals surface area contributed by atoms with E-state index in [2.05, 4.69) is 10.4 Å². The van der Waals surface area contributed by atoms with Crippen molar-refractivity contribution in [2.75, 3.05) is 11.1 Å². The second kappa shape index (κ2) is 8.27. The van der Waals surface area contributed by atoms with E-state index < -0.39 is 0 Å². The van der Waals surface area contributed by atoms with E-state index in [1.807, 2.05) is 31.2 Å². The zero-order valence-corrected chi connectivity index (χ0v) is 19.2. The van der Waals surface area contributed by atoms with Gasteiger partial charge in [-0.25, -0.2) is 9.67 Å². The summed E-state index contributed by atoms with van der Waals surface area (Å²) in [6, 6.07) is 12.4. The molecule has 32 heavy (non-hydrogen) atoms. The van der Waals surface area contributed by atoms with E-state index in [1.165, 1.54) is 18.0 Å². The first-order chi connectivity index (χ1) is 15.4. The highest BCUT2D eigenvalue weighted by atomic mass is 35.5. The molecule has 0 aliphatic carbocycles. The van der Waals surface area contributed by atoms with Gasteiger partial charge in [-0.2, -0.15) is 5.10 Å². The van der Waals surface area contributed by atoms with Gasteiger partial charge in [0.05, 0.1) is 28.6 Å². The minimum Gasteiger partial charge on any atom is -0.325 e. The first-order valence-corrected chi connectivity index (χ1v) is 11.6. The van der Waals surface area contributed by atoms with Crippen LogP contribution in [-0.2, 0) is 4.79 Å². The second-order valence-electron chi connectivity index (χ2n) is 7.54. The van der Waals surface area contributed by atoms with Crippen LogP contribution in [0.3, 0.4) is 0 Å². The first kappa shape index (κ1) is 21.1. The molecule has 0 saturated carbocycles. The molecule has 0 spiro atoms. The Morgan fingerprint density at radius 1 is 1.22 bits per heavy atom. The summed E-state index contributed by atoms with van der Waals surface area (Å²) in [7, 11) is 0. The van der Waals surface area contributed by atoms with E-state index in [9.17, 15) is 9.59 Å². The minimum atomic E-state index is -0.312. The standard InChI is InChI=1S/C22H17Cl2N5O2S/c1-12-2-5-14(6-3-12)29-20-16(10-25-29)21(31)28-15(11-32-22(28)27-20)9-19(30)26-18-7-4-13(23)8-17(18)24/h2-8,10,15H,9,11H2,1H3,(H,26,30). The molecule has 1 N–H and O–H groups in total. The van der Waals surface area contributed by atoms with Crippen LogP contribution in [0.25, 0.3) is 16.7 Å². The second-order valence-corrected chi connectivity index (χ2v) is 9.37. The first-order valence-electron chi connectivity index (χ1n) is 9.86. The van der Waals surface area contributed by atoms with Gasteiger partial charge in [-0.3, -0.25) is 14.2 Å². The molecule has 0 fully saturated rings. The van der Waals surface area contributed by atoms with Crippen LogP contribution >= 0.6 is 35.0 Å². The quantitative estimate of drug-likeness (QED) is 0.416. The van der Waals surface area contributed by atoms with Gasteiger partial charge in [-0.1, -0.05) is 52.7 Å². The molecule has 4 aromatic rings. The Morgan fingerprint density at radius 3 is 2.75 bits per heavy atom. The molecule has 1 atom stereocenters. The molecule has 2 aromatic heterocycles. The third-order valence-electron chi connectivity index (χ3n) is 5.28. The summed E-state index contributed by atoms with van der Waals surface area (Å²) in [4.78, 5) is 30.6. The van der Waals surface area contributed by atoms with Crippen molar-refractivity contribution < 1.29 is 4.79 Å². The highest BCUT2D eigenvalue weighted by molar-refractivity contribution is 7.99. The fourth-order valence-corrected chi connectivity index (χ4v) is 5.25. The van der Waals surface area contributed by atoms with Gasteiger partial charge in [0.25, 0.3) is 5.56 Å². The number of aryl methyl sites for hydroxylation is 1. The van der Waals surface area contributed by atoms with E-state index in [4.69, 9.17) is 28.2 Å². The lowest BCUT2D eigenvalue weighted by atomic mass is 10.2. The third-order valence-corrected chi connectivity index (χ3v) is 6.92. The summed E-state index contributed by atoms with van der Waals surface area (Å²) in [6.07, 6.45) is 1.66. The van der Waals surface area contributed by atoms with Crippen LogP contribution in [0, 0.1) is 6.92 Å². The van der Waals surface area contributed by atoms with Crippen molar-refractivity contribution in [2.24, 2.45) is 0 Å². The van der Waals surface area contributed by atoms with Crippen LogP contribution in [0.2, 0.25) is 10.0 Å². The molecule has 0 bridgehead atoms. The van der Waals surface area contributed by atoms with Crippen LogP contribution in [0.1, 0.15) is 18.0 Å². The van der Waals surface area contributed by atoms with Gasteiger partial charge >= 0.3 is 0 Å². The Labute approximate surface area is 197 Å². The topological polar surface area (TPSA) is 81.8 Å². The van der Waals surface area contributed by atoms with E-state index in [1.54, 1.807) is 27.4 Å². The van der Waals surface area contributed by atoms with Crippen molar-refractivity contribution in [1.82, 2.24) is 19.3 Å². The molecular formula is C22H17Cl2N5O2S. The largest absolute Gasteiger partial charge is 0.325 e. The zero-order chi connectivity index (χ0) is 22.4. The summed E-state index contributed by atoms with van der Waals surface area (Å²) < 4.78 is 3.26. The van der Waals surface area contributed by atoms with Crippen LogP contribution in [0.4, 0.5) is 5.69 Å². The molecule has 1 unspecified atom stereocenters. The number of carbonyl (C=O) groups is 1. The van der Waals surface area contributed by atoms with Crippen LogP contribution in [0.5, 0.6) is 0 Å². The lowest BCUT2D eigenvalue weighted by Crippen LogP contribution is -2.27. The molecule has 1 aliphatic rings. The van der Waals surface area contributed by atoms with Crippen molar-refractivity contribution in [1.29, 1.82) is 0 Å². The fraction of sp³-hybridized carbons (Fsp3) is 0.182. The lowest BCUT2D eigenvalue weighted by Gasteiger charge is -2.14. The number of fused-ring (bicyclic) bond motifs is 2. The number of amides is 1. The molecule has 1 aliphatic heterocycles. The summed E-state index contributed by atoms with van der Waals surface area (Å²) in [5.41, 5.74) is 2.76. The van der Waals surface area contributed by atoms with E-state index in [-0.39, 0.29) is 23.9 Å². The van der Waals surface area contributed by atoms with Gasteiger partial charge in [0, 0.05) is 17.2 Å². The summed E-state index contributed by atoms with van der Waals surface area (Å²) in [6.45, 7) is 2.01. The number of hydrogen-bond donors (Lipinski definition) is 1. The van der Waals surface area contributed by atoms with Gasteiger partial charge in [0.15, 0.2) is 10.8 Å². The number of halogens is 2. The van der Waals surface area contributed by atoms with Crippen molar-refractivity contribution in [2.45, 2.75) is 24.5 Å². The highest BCUT2D eigenvalue weighted by Crippen LogP contribution is 2.34. The normalized spacial score (nSPS) is 15.2. The molecule has 162 valence electrons. The maximum absolute atomic E-state index is 13.2. The van der Waals surface area contributed by atoms with Gasteiger partial charge < -0.3 is 5.32 Å². The van der Waals surface area contributed by atoms with Gasteiger partial charge in [0.1, 0.15) is 5.39 Å². The summed E-state index contributed by atoms with van der Waals surface area (Å²) >= 11 is 13.5. The van der Waals surface area contributed by atoms with Crippen molar-refractivity contribution in [3.05, 3.63) is 74.6 Å². The lowest BCUT2D eigenvalue weighted by molar-refractivity contribution is -0.116. The average molecular weight is 486 g/mol. The minimum absolute atomic E-state index is 0.123. The van der Waals surface area contributed by atoms with Gasteiger partial charge in [-0.05, 0) is 37.3 Å². The molecular weight excluding hydrogens is 469 g/mol. The van der Waals surface area contributed by atoms with Crippen molar-refractivity contribution in [3.63, 3.8) is 0 Å². The highest BCUT2D eigenvalue weighted by Gasteiger charge is 2.29. The average Bonchev–Trinajstić information content (AvgIpc) is 3.36. The number of rotatable bonds is 4. The third kappa shape index (κ3) is 3.79. The van der Waals surface area contributed by atoms with Gasteiger partial charge in [0.2, 0.25) is 5.91 Å². The number of benzene rings is 2. The number of aromatic nitrogens is 4. The maximum atomic E-state index is 13.2. The van der Waals surface area contributed by atoms with E-state index >= 15 is 0 Å². The SMILES string of the molecule is Cc1ccc(-n2ncc3c(=O)n4c(nc32)SCC4CC(=O)Nc2ccc(Cl)cc2Cl)cc1. The molecule has 1 amide bonds. The Morgan fingerprint density at radius 2 is 2.00 bits per heavy atom. The number of thioether (sulfide) groups is 1. The predicted molar refractivity (Wildman–Crippen MR) is 127 cm³/mol. The molecule has 7 nitrogen and oxygen atoms in total. The van der Waals surface area contributed by atoms with E-state index in [0.29, 0.717) is 37.7 Å². The Hall–Kier alpha value is -2.81. The predicted octanol–water partition coefficient (Wildman–Crippen LogP) is 4.87. The van der Waals surface area contributed by atoms with Crippen molar-refractivity contribution in [3.8, 4) is 5.69 Å². The fourth-order valence-electron chi connectivity index (χ4n) is 3.66. The Balaban J connectivity index is 1.44. The number of carbonyl (C=O) groups excluding carboxylic acids is 1. The summed E-state index contributed by atoms with van der Waals surface area (Å²) in [5.74, 6) is 0.337. The van der Waals surface area contributed by atoms with Gasteiger partial charge in [-0.15, -0.1) is 0 Å². The molecule has 2 aromatic carbocycles. The molecule has 3 heterocycles. The van der Waals surface area contributed by atoms with E-state index in [0.717, 1.165) is 11.3 Å². The zero-order valence-electron chi connectivity index (χ0n) is 16.9. The number of nitrogens with zero attached hydrogens (tertiary/aromatic N) is 4. The van der Waals surface area contributed by atoms with Crippen LogP contribution < -0.4 is 10.9 Å². The number of hydrogen-bond acceptors (Lipinski definition) is 5. The maximum Gasteiger partial charge on any atom is 0.265 e. The van der Waals surface area contributed by atoms with Crippen molar-refractivity contribution >= 4 is 57.6 Å². The monoisotopic (exact) mass is 485 g/mol. The molecule has 10 heteroatoms. The molecule has 0 saturated heterocycles. The number of nitrogens with one attached hydrogen (secondary N) is 1. The Bertz CT molecular complexity index is 1410. The van der Waals surface area contributed by atoms with Crippen LogP contribution in [0.15, 0.2) is 58.6 Å². The summed E-state index contributed by atoms with van der Waals surface area (Å²) in [5, 5.41) is 9.02. The Kier molecular flexibility index (Phi) is 5.44. The number of anilines is 1. The van der Waals surface area contributed by atoms with Crippen LogP contribution in [-0.4, -0.2) is 31.0 Å². The smallest absolute Gasteiger partial charge is 0.265 e. The molecule has 0 radical (unpaired) electrons. The molecule has 5 rings (SSSR count).